The van der Waals surface area contributed by atoms with Gasteiger partial charge in [-0.15, -0.1) is 0 Å². The zero-order chi connectivity index (χ0) is 16.3. The Hall–Kier alpha value is -1.04. The summed E-state index contributed by atoms with van der Waals surface area (Å²) < 4.78 is 0. The van der Waals surface area contributed by atoms with E-state index in [0.29, 0.717) is 20.8 Å². The molecular weight excluding hydrogens is 386 g/mol. The lowest BCUT2D eigenvalue weighted by Gasteiger charge is -2.11. The van der Waals surface area contributed by atoms with Crippen LogP contribution in [0.1, 0.15) is 10.4 Å². The molecule has 0 radical (unpaired) electrons. The number of anilines is 1. The van der Waals surface area contributed by atoms with Crippen LogP contribution < -0.4 is 10.6 Å². The first-order valence-corrected chi connectivity index (χ1v) is 7.80. The molecule has 0 atom stereocenters. The van der Waals surface area contributed by atoms with Crippen molar-refractivity contribution in [2.24, 2.45) is 0 Å². The van der Waals surface area contributed by atoms with Crippen LogP contribution in [-0.4, -0.2) is 11.0 Å². The van der Waals surface area contributed by atoms with Crippen molar-refractivity contribution < 1.29 is 4.79 Å². The molecule has 3 nitrogen and oxygen atoms in total. The number of benzene rings is 2. The highest BCUT2D eigenvalue weighted by molar-refractivity contribution is 7.80. The number of thiocarbonyl (C=S) groups is 1. The Bertz CT molecular complexity index is 731. The molecule has 2 aromatic rings. The second kappa shape index (κ2) is 7.49. The van der Waals surface area contributed by atoms with Crippen LogP contribution in [0.15, 0.2) is 36.4 Å². The summed E-state index contributed by atoms with van der Waals surface area (Å²) >= 11 is 28.6. The van der Waals surface area contributed by atoms with Gasteiger partial charge in [0.05, 0.1) is 10.6 Å². The highest BCUT2D eigenvalue weighted by atomic mass is 35.5. The molecule has 0 aromatic heterocycles. The van der Waals surface area contributed by atoms with E-state index in [-0.39, 0.29) is 15.7 Å². The predicted molar refractivity (Wildman–Crippen MR) is 96.6 cm³/mol. The summed E-state index contributed by atoms with van der Waals surface area (Å²) in [5, 5.41) is 6.99. The number of halogens is 4. The fourth-order valence-electron chi connectivity index (χ4n) is 1.63. The van der Waals surface area contributed by atoms with Crippen LogP contribution in [0.5, 0.6) is 0 Å². The maximum atomic E-state index is 12.1. The SMILES string of the molecule is O=C(NC(=S)Nc1cc(Cl)cc(Cl)c1)c1ccc(Cl)cc1Cl. The molecule has 0 aliphatic carbocycles. The van der Waals surface area contributed by atoms with Gasteiger partial charge >= 0.3 is 0 Å². The first-order valence-electron chi connectivity index (χ1n) is 5.88. The van der Waals surface area contributed by atoms with Crippen LogP contribution in [0.25, 0.3) is 0 Å². The van der Waals surface area contributed by atoms with Gasteiger partial charge in [0.15, 0.2) is 5.11 Å². The lowest BCUT2D eigenvalue weighted by molar-refractivity contribution is 0.0978. The van der Waals surface area contributed by atoms with E-state index in [1.807, 2.05) is 0 Å². The topological polar surface area (TPSA) is 41.1 Å². The number of amides is 1. The fourth-order valence-corrected chi connectivity index (χ4v) is 2.86. The molecule has 0 fully saturated rings. The van der Waals surface area contributed by atoms with Gasteiger partial charge in [0.1, 0.15) is 0 Å². The quantitative estimate of drug-likeness (QED) is 0.668. The second-order valence-electron chi connectivity index (χ2n) is 4.19. The maximum absolute atomic E-state index is 12.1. The van der Waals surface area contributed by atoms with E-state index in [9.17, 15) is 4.79 Å². The Labute approximate surface area is 152 Å². The molecule has 0 saturated heterocycles. The molecule has 0 saturated carbocycles. The number of hydrogen-bond acceptors (Lipinski definition) is 2. The number of carbonyl (C=O) groups excluding carboxylic acids is 1. The highest BCUT2D eigenvalue weighted by Crippen LogP contribution is 2.23. The summed E-state index contributed by atoms with van der Waals surface area (Å²) in [6.45, 7) is 0. The van der Waals surface area contributed by atoms with Crippen molar-refractivity contribution in [1.29, 1.82) is 0 Å². The van der Waals surface area contributed by atoms with Crippen molar-refractivity contribution in [3.8, 4) is 0 Å². The third-order valence-electron chi connectivity index (χ3n) is 2.52. The molecule has 2 aromatic carbocycles. The van der Waals surface area contributed by atoms with Crippen molar-refractivity contribution >= 4 is 75.3 Å². The Morgan fingerprint density at radius 3 is 2.14 bits per heavy atom. The van der Waals surface area contributed by atoms with E-state index < -0.39 is 5.91 Å². The van der Waals surface area contributed by atoms with Crippen molar-refractivity contribution in [2.75, 3.05) is 5.32 Å². The van der Waals surface area contributed by atoms with E-state index in [4.69, 9.17) is 58.6 Å². The van der Waals surface area contributed by atoms with Crippen LogP contribution in [-0.2, 0) is 0 Å². The zero-order valence-electron chi connectivity index (χ0n) is 10.8. The molecule has 0 aliphatic heterocycles. The first-order chi connectivity index (χ1) is 10.3. The Balaban J connectivity index is 2.06. The van der Waals surface area contributed by atoms with Gasteiger partial charge in [0, 0.05) is 20.8 Å². The maximum Gasteiger partial charge on any atom is 0.258 e. The van der Waals surface area contributed by atoms with E-state index >= 15 is 0 Å². The monoisotopic (exact) mass is 392 g/mol. The molecule has 0 unspecified atom stereocenters. The average molecular weight is 394 g/mol. The van der Waals surface area contributed by atoms with Gasteiger partial charge < -0.3 is 5.32 Å². The molecule has 114 valence electrons. The predicted octanol–water partition coefficient (Wildman–Crippen LogP) is 5.43. The first kappa shape index (κ1) is 17.3. The van der Waals surface area contributed by atoms with E-state index in [0.717, 1.165) is 0 Å². The van der Waals surface area contributed by atoms with Gasteiger partial charge in [0.2, 0.25) is 0 Å². The summed E-state index contributed by atoms with van der Waals surface area (Å²) in [5.41, 5.74) is 0.823. The number of rotatable bonds is 2. The average Bonchev–Trinajstić information content (AvgIpc) is 2.36. The molecule has 2 N–H and O–H groups in total. The number of carbonyl (C=O) groups is 1. The van der Waals surface area contributed by atoms with E-state index in [2.05, 4.69) is 10.6 Å². The molecule has 0 heterocycles. The summed E-state index contributed by atoms with van der Waals surface area (Å²) in [7, 11) is 0. The van der Waals surface area contributed by atoms with Crippen LogP contribution in [0.2, 0.25) is 20.1 Å². The molecule has 0 bridgehead atoms. The standard InChI is InChI=1S/C14H8Cl4N2OS/c15-7-1-2-11(12(18)6-7)13(21)20-14(22)19-10-4-8(16)3-9(17)5-10/h1-6H,(H2,19,20,21,22). The fraction of sp³-hybridized carbons (Fsp3) is 0. The molecule has 1 amide bonds. The zero-order valence-corrected chi connectivity index (χ0v) is 14.6. The largest absolute Gasteiger partial charge is 0.332 e. The minimum Gasteiger partial charge on any atom is -0.332 e. The lowest BCUT2D eigenvalue weighted by Crippen LogP contribution is -2.34. The Morgan fingerprint density at radius 1 is 0.909 bits per heavy atom. The minimum absolute atomic E-state index is 0.0920. The van der Waals surface area contributed by atoms with Crippen LogP contribution >= 0.6 is 58.6 Å². The van der Waals surface area contributed by atoms with Gasteiger partial charge in [-0.1, -0.05) is 46.4 Å². The summed E-state index contributed by atoms with van der Waals surface area (Å²) in [5.74, 6) is -0.452. The van der Waals surface area contributed by atoms with Crippen molar-refractivity contribution in [1.82, 2.24) is 5.32 Å². The van der Waals surface area contributed by atoms with E-state index in [1.54, 1.807) is 24.3 Å². The van der Waals surface area contributed by atoms with Gasteiger partial charge in [0.25, 0.3) is 5.91 Å². The van der Waals surface area contributed by atoms with Crippen LogP contribution in [0.4, 0.5) is 5.69 Å². The Kier molecular flexibility index (Phi) is 5.89. The third kappa shape index (κ3) is 4.73. The third-order valence-corrected chi connectivity index (χ3v) is 3.71. The highest BCUT2D eigenvalue weighted by Gasteiger charge is 2.12. The molecule has 0 spiro atoms. The van der Waals surface area contributed by atoms with Gasteiger partial charge in [-0.3, -0.25) is 10.1 Å². The number of hydrogen-bond donors (Lipinski definition) is 2. The van der Waals surface area contributed by atoms with Gasteiger partial charge in [-0.25, -0.2) is 0 Å². The van der Waals surface area contributed by atoms with Gasteiger partial charge in [-0.05, 0) is 48.6 Å². The molecule has 8 heteroatoms. The van der Waals surface area contributed by atoms with Crippen molar-refractivity contribution in [2.45, 2.75) is 0 Å². The Morgan fingerprint density at radius 2 is 1.55 bits per heavy atom. The van der Waals surface area contributed by atoms with Crippen LogP contribution in [0, 0.1) is 0 Å². The minimum atomic E-state index is -0.452. The molecule has 0 aliphatic rings. The lowest BCUT2D eigenvalue weighted by atomic mass is 10.2. The molecular formula is C14H8Cl4N2OS. The molecule has 22 heavy (non-hydrogen) atoms. The normalized spacial score (nSPS) is 10.2. The summed E-state index contributed by atoms with van der Waals surface area (Å²) in [6, 6.07) is 9.39. The number of nitrogens with one attached hydrogen (secondary N) is 2. The second-order valence-corrected chi connectivity index (χ2v) is 6.32. The molecule has 2 rings (SSSR count). The smallest absolute Gasteiger partial charge is 0.258 e. The van der Waals surface area contributed by atoms with Crippen molar-refractivity contribution in [3.63, 3.8) is 0 Å². The summed E-state index contributed by atoms with van der Waals surface area (Å²) in [4.78, 5) is 12.1. The van der Waals surface area contributed by atoms with Crippen molar-refractivity contribution in [3.05, 3.63) is 62.1 Å². The van der Waals surface area contributed by atoms with Gasteiger partial charge in [-0.2, -0.15) is 0 Å². The van der Waals surface area contributed by atoms with Crippen LogP contribution in [0.3, 0.4) is 0 Å². The van der Waals surface area contributed by atoms with E-state index in [1.165, 1.54) is 12.1 Å². The summed E-state index contributed by atoms with van der Waals surface area (Å²) in [6.07, 6.45) is 0.